The van der Waals surface area contributed by atoms with E-state index in [0.717, 1.165) is 31.0 Å². The molecule has 0 unspecified atom stereocenters. The number of nitrogens with zero attached hydrogens (tertiary/aromatic N) is 2. The van der Waals surface area contributed by atoms with Crippen LogP contribution in [0.25, 0.3) is 0 Å². The Morgan fingerprint density at radius 1 is 1.30 bits per heavy atom. The highest BCUT2D eigenvalue weighted by Crippen LogP contribution is 2.17. The number of aryl methyl sites for hydroxylation is 2. The maximum absolute atomic E-state index is 12.0. The molecule has 108 valence electrons. The lowest BCUT2D eigenvalue weighted by Crippen LogP contribution is -2.07. The number of ether oxygens (including phenoxy) is 1. The molecule has 0 bridgehead atoms. The van der Waals surface area contributed by atoms with Gasteiger partial charge in [0.15, 0.2) is 0 Å². The van der Waals surface area contributed by atoms with Crippen molar-refractivity contribution in [2.75, 3.05) is 11.9 Å². The van der Waals surface area contributed by atoms with Crippen LogP contribution >= 0.6 is 0 Å². The average Bonchev–Trinajstić information content (AvgIpc) is 2.82. The van der Waals surface area contributed by atoms with E-state index in [9.17, 15) is 8.78 Å². The van der Waals surface area contributed by atoms with Crippen LogP contribution in [0.3, 0.4) is 0 Å². The summed E-state index contributed by atoms with van der Waals surface area (Å²) < 4.78 is 30.4. The fraction of sp³-hybridized carbons (Fsp3) is 0.357. The van der Waals surface area contributed by atoms with Gasteiger partial charge in [0, 0.05) is 31.2 Å². The molecule has 0 atom stereocenters. The lowest BCUT2D eigenvalue weighted by atomic mass is 10.3. The lowest BCUT2D eigenvalue weighted by Gasteiger charge is -2.09. The number of hydrogen-bond donors (Lipinski definition) is 1. The number of aromatic nitrogens is 2. The number of nitrogens with one attached hydrogen (secondary N) is 1. The first-order valence-corrected chi connectivity index (χ1v) is 6.41. The number of halogens is 2. The van der Waals surface area contributed by atoms with Crippen molar-refractivity contribution in [3.63, 3.8) is 0 Å². The van der Waals surface area contributed by atoms with Gasteiger partial charge in [0.2, 0.25) is 0 Å². The van der Waals surface area contributed by atoms with Gasteiger partial charge in [-0.05, 0) is 37.6 Å². The van der Waals surface area contributed by atoms with E-state index < -0.39 is 6.61 Å². The second kappa shape index (κ2) is 6.88. The quantitative estimate of drug-likeness (QED) is 0.791. The number of alkyl halides is 2. The second-order valence-corrected chi connectivity index (χ2v) is 4.35. The Bertz CT molecular complexity index is 525. The summed E-state index contributed by atoms with van der Waals surface area (Å²) in [6, 6.07) is 6.49. The van der Waals surface area contributed by atoms with Gasteiger partial charge in [-0.1, -0.05) is 0 Å². The van der Waals surface area contributed by atoms with Crippen LogP contribution in [0.1, 0.15) is 12.2 Å². The molecule has 0 saturated heterocycles. The zero-order valence-electron chi connectivity index (χ0n) is 11.2. The lowest BCUT2D eigenvalue weighted by molar-refractivity contribution is -0.0498. The van der Waals surface area contributed by atoms with E-state index in [1.54, 1.807) is 18.3 Å². The molecule has 2 rings (SSSR count). The van der Waals surface area contributed by atoms with Crippen molar-refractivity contribution in [1.82, 2.24) is 9.55 Å². The topological polar surface area (TPSA) is 39.1 Å². The van der Waals surface area contributed by atoms with Crippen molar-refractivity contribution in [1.29, 1.82) is 0 Å². The predicted molar refractivity (Wildman–Crippen MR) is 73.1 cm³/mol. The summed E-state index contributed by atoms with van der Waals surface area (Å²) in [5.41, 5.74) is 0.883. The SMILES string of the molecule is Cc1nccn1CCCNc1ccc(OC(F)F)cc1. The van der Waals surface area contributed by atoms with Gasteiger partial charge in [0.05, 0.1) is 0 Å². The van der Waals surface area contributed by atoms with E-state index in [-0.39, 0.29) is 5.75 Å². The normalized spacial score (nSPS) is 10.8. The largest absolute Gasteiger partial charge is 0.435 e. The third-order valence-electron chi connectivity index (χ3n) is 2.91. The molecule has 1 N–H and O–H groups in total. The van der Waals surface area contributed by atoms with E-state index in [1.807, 2.05) is 13.1 Å². The Hall–Kier alpha value is -2.11. The smallest absolute Gasteiger partial charge is 0.387 e. The Balaban J connectivity index is 1.73. The summed E-state index contributed by atoms with van der Waals surface area (Å²) in [5.74, 6) is 1.16. The summed E-state index contributed by atoms with van der Waals surface area (Å²) in [7, 11) is 0. The van der Waals surface area contributed by atoms with Gasteiger partial charge in [-0.3, -0.25) is 0 Å². The van der Waals surface area contributed by atoms with Crippen molar-refractivity contribution in [3.05, 3.63) is 42.5 Å². The number of imidazole rings is 1. The average molecular weight is 281 g/mol. The van der Waals surface area contributed by atoms with Crippen LogP contribution in [-0.4, -0.2) is 22.7 Å². The standard InChI is InChI=1S/C14H17F2N3O/c1-11-17-8-10-19(11)9-2-7-18-12-3-5-13(6-4-12)20-14(15)16/h3-6,8,10,14,18H,2,7,9H2,1H3. The Kier molecular flexibility index (Phi) is 4.92. The van der Waals surface area contributed by atoms with Gasteiger partial charge < -0.3 is 14.6 Å². The first-order chi connectivity index (χ1) is 9.65. The molecule has 0 fully saturated rings. The van der Waals surface area contributed by atoms with Crippen LogP contribution in [0.2, 0.25) is 0 Å². The summed E-state index contributed by atoms with van der Waals surface area (Å²) in [6.07, 6.45) is 4.68. The van der Waals surface area contributed by atoms with E-state index >= 15 is 0 Å². The predicted octanol–water partition coefficient (Wildman–Crippen LogP) is 3.30. The number of anilines is 1. The molecule has 1 aromatic heterocycles. The molecular weight excluding hydrogens is 264 g/mol. The van der Waals surface area contributed by atoms with E-state index in [0.29, 0.717) is 0 Å². The molecule has 0 aliphatic carbocycles. The third-order valence-corrected chi connectivity index (χ3v) is 2.91. The molecule has 2 aromatic rings. The first-order valence-electron chi connectivity index (χ1n) is 6.41. The molecule has 6 heteroatoms. The summed E-state index contributed by atoms with van der Waals surface area (Å²) >= 11 is 0. The monoisotopic (exact) mass is 281 g/mol. The van der Waals surface area contributed by atoms with Crippen molar-refractivity contribution in [2.45, 2.75) is 26.5 Å². The zero-order chi connectivity index (χ0) is 14.4. The molecule has 0 amide bonds. The van der Waals surface area contributed by atoms with Gasteiger partial charge in [-0.15, -0.1) is 0 Å². The van der Waals surface area contributed by atoms with Crippen LogP contribution in [-0.2, 0) is 6.54 Å². The molecule has 0 aliphatic heterocycles. The molecule has 4 nitrogen and oxygen atoms in total. The van der Waals surface area contributed by atoms with Crippen LogP contribution in [0.5, 0.6) is 5.75 Å². The van der Waals surface area contributed by atoms with Crippen LogP contribution in [0.4, 0.5) is 14.5 Å². The Labute approximate surface area is 116 Å². The summed E-state index contributed by atoms with van der Waals surface area (Å²) in [4.78, 5) is 4.15. The molecule has 0 saturated carbocycles. The highest BCUT2D eigenvalue weighted by molar-refractivity contribution is 5.46. The van der Waals surface area contributed by atoms with Crippen molar-refractivity contribution >= 4 is 5.69 Å². The van der Waals surface area contributed by atoms with Crippen molar-refractivity contribution < 1.29 is 13.5 Å². The molecule has 0 aliphatic rings. The third kappa shape index (κ3) is 4.22. The minimum absolute atomic E-state index is 0.166. The molecule has 20 heavy (non-hydrogen) atoms. The van der Waals surface area contributed by atoms with Crippen LogP contribution < -0.4 is 10.1 Å². The van der Waals surface area contributed by atoms with Crippen molar-refractivity contribution in [2.24, 2.45) is 0 Å². The van der Waals surface area contributed by atoms with Gasteiger partial charge in [-0.2, -0.15) is 8.78 Å². The van der Waals surface area contributed by atoms with E-state index in [4.69, 9.17) is 0 Å². The Morgan fingerprint density at radius 2 is 2.05 bits per heavy atom. The Morgan fingerprint density at radius 3 is 2.65 bits per heavy atom. The van der Waals surface area contributed by atoms with Crippen molar-refractivity contribution in [3.8, 4) is 5.75 Å². The number of benzene rings is 1. The fourth-order valence-corrected chi connectivity index (χ4v) is 1.88. The van der Waals surface area contributed by atoms with Gasteiger partial charge in [0.1, 0.15) is 11.6 Å². The molecule has 0 radical (unpaired) electrons. The van der Waals surface area contributed by atoms with Gasteiger partial charge >= 0.3 is 6.61 Å². The number of rotatable bonds is 7. The molecule has 1 aromatic carbocycles. The maximum Gasteiger partial charge on any atom is 0.387 e. The summed E-state index contributed by atoms with van der Waals surface area (Å²) in [6.45, 7) is 0.875. The van der Waals surface area contributed by atoms with E-state index in [2.05, 4.69) is 19.6 Å². The fourth-order valence-electron chi connectivity index (χ4n) is 1.88. The van der Waals surface area contributed by atoms with E-state index in [1.165, 1.54) is 12.1 Å². The van der Waals surface area contributed by atoms with Crippen LogP contribution in [0, 0.1) is 6.92 Å². The minimum atomic E-state index is -2.78. The van der Waals surface area contributed by atoms with Crippen LogP contribution in [0.15, 0.2) is 36.7 Å². The van der Waals surface area contributed by atoms with Gasteiger partial charge in [0.25, 0.3) is 0 Å². The second-order valence-electron chi connectivity index (χ2n) is 4.35. The highest BCUT2D eigenvalue weighted by atomic mass is 19.3. The molecular formula is C14H17F2N3O. The first kappa shape index (κ1) is 14.3. The maximum atomic E-state index is 12.0. The number of hydrogen-bond acceptors (Lipinski definition) is 3. The van der Waals surface area contributed by atoms with Gasteiger partial charge in [-0.25, -0.2) is 4.98 Å². The summed E-state index contributed by atoms with van der Waals surface area (Å²) in [5, 5.41) is 3.23. The highest BCUT2D eigenvalue weighted by Gasteiger charge is 2.03. The zero-order valence-corrected chi connectivity index (χ0v) is 11.2. The molecule has 1 heterocycles. The minimum Gasteiger partial charge on any atom is -0.435 e. The molecule has 0 spiro atoms.